The van der Waals surface area contributed by atoms with Gasteiger partial charge in [0.2, 0.25) is 5.91 Å². The molecule has 1 aliphatic rings. The van der Waals surface area contributed by atoms with Crippen molar-refractivity contribution >= 4 is 5.91 Å². The Bertz CT molecular complexity index is 1190. The Balaban J connectivity index is 2.25. The summed E-state index contributed by atoms with van der Waals surface area (Å²) in [6.07, 6.45) is 56.1. The van der Waals surface area contributed by atoms with Crippen molar-refractivity contribution in [3.05, 3.63) is 48.6 Å². The van der Waals surface area contributed by atoms with Crippen LogP contribution in [0.15, 0.2) is 48.6 Å². The van der Waals surface area contributed by atoms with Gasteiger partial charge in [0.25, 0.3) is 0 Å². The van der Waals surface area contributed by atoms with Crippen molar-refractivity contribution < 1.29 is 39.8 Å². The predicted octanol–water partition coefficient (Wildman–Crippen LogP) is 13.7. The average Bonchev–Trinajstić information content (AvgIpc) is 3.33. The lowest BCUT2D eigenvalue weighted by molar-refractivity contribution is -0.302. The van der Waals surface area contributed by atoms with E-state index in [4.69, 9.17) is 9.47 Å². The summed E-state index contributed by atoms with van der Waals surface area (Å²) in [5, 5.41) is 54.4. The van der Waals surface area contributed by atoms with Crippen LogP contribution < -0.4 is 5.32 Å². The molecule has 1 heterocycles. The van der Waals surface area contributed by atoms with Gasteiger partial charge in [0.1, 0.15) is 24.4 Å². The third-order valence-corrected chi connectivity index (χ3v) is 13.4. The molecule has 0 bridgehead atoms. The lowest BCUT2D eigenvalue weighted by Crippen LogP contribution is -2.60. The molecule has 0 aromatic heterocycles. The van der Waals surface area contributed by atoms with Gasteiger partial charge in [0, 0.05) is 6.42 Å². The van der Waals surface area contributed by atoms with Crippen molar-refractivity contribution in [3.63, 3.8) is 0 Å². The highest BCUT2D eigenvalue weighted by Gasteiger charge is 2.44. The highest BCUT2D eigenvalue weighted by Crippen LogP contribution is 2.23. The number of unbranched alkanes of at least 4 members (excludes halogenated alkanes) is 32. The molecule has 0 radical (unpaired) electrons. The number of allylic oxidation sites excluding steroid dienone is 7. The fourth-order valence-electron chi connectivity index (χ4n) is 8.85. The highest BCUT2D eigenvalue weighted by atomic mass is 16.7. The molecule has 0 aliphatic carbocycles. The van der Waals surface area contributed by atoms with E-state index in [9.17, 15) is 30.3 Å². The second-order valence-electron chi connectivity index (χ2n) is 19.7. The molecule has 1 rings (SSSR count). The molecule has 392 valence electrons. The molecule has 0 aromatic rings. The maximum atomic E-state index is 13.0. The van der Waals surface area contributed by atoms with Crippen LogP contribution in [-0.2, 0) is 14.3 Å². The Kier molecular flexibility index (Phi) is 45.1. The monoisotopic (exact) mass is 946 g/mol. The minimum Gasteiger partial charge on any atom is -0.394 e. The molecular weight excluding hydrogens is 839 g/mol. The maximum Gasteiger partial charge on any atom is 0.220 e. The first-order chi connectivity index (χ1) is 32.8. The third kappa shape index (κ3) is 37.6. The highest BCUT2D eigenvalue weighted by molar-refractivity contribution is 5.76. The Hall–Kier alpha value is -1.85. The summed E-state index contributed by atoms with van der Waals surface area (Å²) < 4.78 is 11.2. The zero-order chi connectivity index (χ0) is 48.7. The van der Waals surface area contributed by atoms with E-state index in [1.165, 1.54) is 180 Å². The Morgan fingerprint density at radius 3 is 1.37 bits per heavy atom. The topological polar surface area (TPSA) is 149 Å². The van der Waals surface area contributed by atoms with Crippen LogP contribution in [-0.4, -0.2) is 87.5 Å². The number of ether oxygens (including phenoxy) is 2. The van der Waals surface area contributed by atoms with Crippen LogP contribution in [0.25, 0.3) is 0 Å². The number of hydrogen-bond donors (Lipinski definition) is 6. The van der Waals surface area contributed by atoms with Gasteiger partial charge in [-0.1, -0.05) is 236 Å². The third-order valence-electron chi connectivity index (χ3n) is 13.4. The summed E-state index contributed by atoms with van der Waals surface area (Å²) in [4.78, 5) is 13.0. The van der Waals surface area contributed by atoms with E-state index in [0.29, 0.717) is 6.42 Å². The van der Waals surface area contributed by atoms with Gasteiger partial charge >= 0.3 is 0 Å². The van der Waals surface area contributed by atoms with Gasteiger partial charge in [-0.3, -0.25) is 4.79 Å². The van der Waals surface area contributed by atoms with Gasteiger partial charge in [-0.25, -0.2) is 0 Å². The van der Waals surface area contributed by atoms with Crippen molar-refractivity contribution in [2.45, 2.75) is 301 Å². The molecule has 1 aliphatic heterocycles. The van der Waals surface area contributed by atoms with Crippen molar-refractivity contribution in [2.24, 2.45) is 0 Å². The molecule has 9 heteroatoms. The first kappa shape index (κ1) is 63.2. The zero-order valence-electron chi connectivity index (χ0n) is 43.4. The van der Waals surface area contributed by atoms with Crippen LogP contribution in [0.5, 0.6) is 0 Å². The van der Waals surface area contributed by atoms with Crippen LogP contribution in [0.3, 0.4) is 0 Å². The molecule has 9 nitrogen and oxygen atoms in total. The van der Waals surface area contributed by atoms with E-state index in [1.54, 1.807) is 6.08 Å². The minimum absolute atomic E-state index is 0.194. The van der Waals surface area contributed by atoms with Gasteiger partial charge in [0.05, 0.1) is 25.4 Å². The smallest absolute Gasteiger partial charge is 0.220 e. The van der Waals surface area contributed by atoms with E-state index >= 15 is 0 Å². The predicted molar refractivity (Wildman–Crippen MR) is 281 cm³/mol. The first-order valence-electron chi connectivity index (χ1n) is 28.4. The van der Waals surface area contributed by atoms with Crippen molar-refractivity contribution in [1.82, 2.24) is 5.32 Å². The van der Waals surface area contributed by atoms with Crippen molar-refractivity contribution in [2.75, 3.05) is 13.2 Å². The van der Waals surface area contributed by atoms with E-state index < -0.39 is 49.5 Å². The molecule has 0 saturated carbocycles. The number of carbonyl (C=O) groups excluding carboxylic acids is 1. The van der Waals surface area contributed by atoms with E-state index in [-0.39, 0.29) is 12.5 Å². The summed E-state index contributed by atoms with van der Waals surface area (Å²) in [7, 11) is 0. The number of hydrogen-bond acceptors (Lipinski definition) is 8. The Morgan fingerprint density at radius 2 is 0.896 bits per heavy atom. The fourth-order valence-corrected chi connectivity index (χ4v) is 8.85. The minimum atomic E-state index is -1.57. The van der Waals surface area contributed by atoms with Gasteiger partial charge in [0.15, 0.2) is 6.29 Å². The first-order valence-corrected chi connectivity index (χ1v) is 28.4. The van der Waals surface area contributed by atoms with Gasteiger partial charge < -0.3 is 40.3 Å². The van der Waals surface area contributed by atoms with Crippen LogP contribution in [0.1, 0.15) is 258 Å². The van der Waals surface area contributed by atoms with Crippen molar-refractivity contribution in [1.29, 1.82) is 0 Å². The van der Waals surface area contributed by atoms with Crippen LogP contribution in [0.2, 0.25) is 0 Å². The number of rotatable bonds is 48. The molecule has 7 atom stereocenters. The summed E-state index contributed by atoms with van der Waals surface area (Å²) in [5.74, 6) is -0.194. The number of nitrogens with one attached hydrogen (secondary N) is 1. The number of aliphatic hydroxyl groups is 5. The summed E-state index contributed by atoms with van der Waals surface area (Å²) in [6.45, 7) is 3.75. The Labute approximate surface area is 412 Å². The number of carbonyl (C=O) groups is 1. The van der Waals surface area contributed by atoms with E-state index in [2.05, 4.69) is 55.6 Å². The molecule has 1 fully saturated rings. The summed E-state index contributed by atoms with van der Waals surface area (Å²) in [6, 6.07) is -0.827. The van der Waals surface area contributed by atoms with Crippen LogP contribution in [0.4, 0.5) is 0 Å². The maximum absolute atomic E-state index is 13.0. The molecule has 0 aromatic carbocycles. The SMILES string of the molecule is CCCCC/C=C\C/C=C\CCCCCCCCCC(=O)NC(COC1OC(CO)C(O)C(O)C1O)C(O)/C=C/CC/C=C/CCCCCCCCCCCCCCCCCCCCCCC. The van der Waals surface area contributed by atoms with Crippen LogP contribution in [0, 0.1) is 0 Å². The average molecular weight is 946 g/mol. The molecule has 67 heavy (non-hydrogen) atoms. The van der Waals surface area contributed by atoms with Gasteiger partial charge in [-0.05, 0) is 64.2 Å². The van der Waals surface area contributed by atoms with E-state index in [1.807, 2.05) is 6.08 Å². The summed E-state index contributed by atoms with van der Waals surface area (Å²) >= 11 is 0. The quantitative estimate of drug-likeness (QED) is 0.0261. The second kappa shape index (κ2) is 47.8. The summed E-state index contributed by atoms with van der Waals surface area (Å²) in [5.41, 5.74) is 0. The molecule has 6 N–H and O–H groups in total. The van der Waals surface area contributed by atoms with Crippen LogP contribution >= 0.6 is 0 Å². The van der Waals surface area contributed by atoms with Crippen molar-refractivity contribution in [3.8, 4) is 0 Å². The lowest BCUT2D eigenvalue weighted by atomic mass is 9.99. The Morgan fingerprint density at radius 1 is 0.507 bits per heavy atom. The molecule has 0 spiro atoms. The zero-order valence-corrected chi connectivity index (χ0v) is 43.4. The molecule has 1 amide bonds. The molecule has 1 saturated heterocycles. The van der Waals surface area contributed by atoms with Gasteiger partial charge in [-0.15, -0.1) is 0 Å². The van der Waals surface area contributed by atoms with E-state index in [0.717, 1.165) is 57.8 Å². The normalized spacial score (nSPS) is 20.0. The largest absolute Gasteiger partial charge is 0.394 e. The lowest BCUT2D eigenvalue weighted by Gasteiger charge is -2.40. The molecular formula is C58H107NO8. The van der Waals surface area contributed by atoms with Gasteiger partial charge in [-0.2, -0.15) is 0 Å². The fraction of sp³-hybridized carbons (Fsp3) is 0.845. The standard InChI is InChI=1S/C58H107NO8/c1-3-5-7-9-11-13-15-17-19-21-22-23-24-25-26-27-28-29-30-32-33-35-37-39-41-43-45-47-52(61)51(50-66-58-57(65)56(64)55(63)53(49-60)67-58)59-54(62)48-46-44-42-40-38-36-34-31-20-18-16-14-12-10-8-6-4-2/h12,14,18,20,37,39,45,47,51-53,55-58,60-61,63-65H,3-11,13,15-17,19,21-36,38,40-44,46,48-50H2,1-2H3,(H,59,62)/b14-12-,20-18-,39-37+,47-45+. The molecule has 7 unspecified atom stereocenters. The number of amides is 1. The second-order valence-corrected chi connectivity index (χ2v) is 19.7. The number of aliphatic hydroxyl groups excluding tert-OH is 5.